The molecule has 2 aromatic rings. The third-order valence-corrected chi connectivity index (χ3v) is 4.99. The lowest BCUT2D eigenvalue weighted by molar-refractivity contribution is 0.211. The van der Waals surface area contributed by atoms with Gasteiger partial charge in [0, 0.05) is 31.9 Å². The summed E-state index contributed by atoms with van der Waals surface area (Å²) >= 11 is 12.0. The van der Waals surface area contributed by atoms with E-state index < -0.39 is 0 Å². The van der Waals surface area contributed by atoms with Crippen LogP contribution in [0.25, 0.3) is 0 Å². The van der Waals surface area contributed by atoms with E-state index in [1.165, 1.54) is 5.56 Å². The zero-order valence-corrected chi connectivity index (χ0v) is 14.7. The van der Waals surface area contributed by atoms with E-state index in [-0.39, 0.29) is 0 Å². The normalized spacial score (nSPS) is 15.9. The van der Waals surface area contributed by atoms with Crippen molar-refractivity contribution in [2.24, 2.45) is 0 Å². The molecule has 0 aliphatic carbocycles. The van der Waals surface area contributed by atoms with E-state index in [0.29, 0.717) is 27.5 Å². The maximum Gasteiger partial charge on any atom is 0.144 e. The van der Waals surface area contributed by atoms with E-state index in [4.69, 9.17) is 28.5 Å². The van der Waals surface area contributed by atoms with Crippen molar-refractivity contribution in [3.63, 3.8) is 0 Å². The average Bonchev–Trinajstić information content (AvgIpc) is 2.60. The Morgan fingerprint density at radius 1 is 1.21 bits per heavy atom. The lowest BCUT2D eigenvalue weighted by Crippen LogP contribution is -2.38. The van der Waals surface area contributed by atoms with Crippen LogP contribution < -0.4 is 5.32 Å². The van der Waals surface area contributed by atoms with Crippen LogP contribution in [0.2, 0.25) is 10.0 Å². The van der Waals surface area contributed by atoms with E-state index in [1.54, 1.807) is 18.3 Å². The molecule has 4 nitrogen and oxygen atoms in total. The molecule has 0 saturated carbocycles. The van der Waals surface area contributed by atoms with Gasteiger partial charge in [-0.15, -0.1) is 0 Å². The smallest absolute Gasteiger partial charge is 0.144 e. The highest BCUT2D eigenvalue weighted by atomic mass is 35.5. The highest BCUT2D eigenvalue weighted by molar-refractivity contribution is 6.42. The minimum absolute atomic E-state index is 0.344. The fourth-order valence-corrected chi connectivity index (χ4v) is 3.26. The lowest BCUT2D eigenvalue weighted by Gasteiger charge is -2.32. The summed E-state index contributed by atoms with van der Waals surface area (Å²) in [4.78, 5) is 6.68. The molecule has 0 atom stereocenters. The monoisotopic (exact) mass is 360 g/mol. The van der Waals surface area contributed by atoms with Crippen molar-refractivity contribution < 1.29 is 0 Å². The average molecular weight is 361 g/mol. The molecule has 24 heavy (non-hydrogen) atoms. The Morgan fingerprint density at radius 3 is 2.71 bits per heavy atom. The molecule has 0 bridgehead atoms. The summed E-state index contributed by atoms with van der Waals surface area (Å²) in [6.45, 7) is 2.86. The van der Waals surface area contributed by atoms with Gasteiger partial charge in [-0.1, -0.05) is 29.3 Å². The second kappa shape index (κ2) is 7.85. The van der Waals surface area contributed by atoms with Crippen LogP contribution >= 0.6 is 23.2 Å². The number of anilines is 1. The highest BCUT2D eigenvalue weighted by Gasteiger charge is 2.20. The van der Waals surface area contributed by atoms with Crippen LogP contribution in [0.15, 0.2) is 36.5 Å². The Kier molecular flexibility index (Phi) is 5.57. The highest BCUT2D eigenvalue weighted by Crippen LogP contribution is 2.24. The summed E-state index contributed by atoms with van der Waals surface area (Å²) in [5.74, 6) is 0.683. The molecule has 1 aliphatic rings. The molecule has 3 rings (SSSR count). The SMILES string of the molecule is N#Cc1cccnc1NC1CCN(Cc2ccc(Cl)c(Cl)c2)CC1. The predicted molar refractivity (Wildman–Crippen MR) is 97.3 cm³/mol. The first-order valence-electron chi connectivity index (χ1n) is 7.93. The van der Waals surface area contributed by atoms with E-state index >= 15 is 0 Å². The Balaban J connectivity index is 1.54. The molecule has 0 radical (unpaired) electrons. The number of hydrogen-bond donors (Lipinski definition) is 1. The number of nitrogens with one attached hydrogen (secondary N) is 1. The molecule has 1 saturated heterocycles. The summed E-state index contributed by atoms with van der Waals surface area (Å²) in [5, 5.41) is 13.7. The topological polar surface area (TPSA) is 52.0 Å². The number of aromatic nitrogens is 1. The summed E-state index contributed by atoms with van der Waals surface area (Å²) in [6.07, 6.45) is 3.74. The molecule has 1 fully saturated rings. The van der Waals surface area contributed by atoms with Gasteiger partial charge in [0.1, 0.15) is 11.9 Å². The molecule has 1 aromatic carbocycles. The second-order valence-corrected chi connectivity index (χ2v) is 6.77. The number of halogens is 2. The van der Waals surface area contributed by atoms with Crippen LogP contribution in [0, 0.1) is 11.3 Å². The summed E-state index contributed by atoms with van der Waals surface area (Å²) in [7, 11) is 0. The number of pyridine rings is 1. The zero-order chi connectivity index (χ0) is 16.9. The van der Waals surface area contributed by atoms with Crippen molar-refractivity contribution in [2.45, 2.75) is 25.4 Å². The molecule has 6 heteroatoms. The summed E-state index contributed by atoms with van der Waals surface area (Å²) in [6, 6.07) is 11.9. The van der Waals surface area contributed by atoms with Gasteiger partial charge in [-0.2, -0.15) is 5.26 Å². The predicted octanol–water partition coefficient (Wildman–Crippen LogP) is 4.34. The summed E-state index contributed by atoms with van der Waals surface area (Å²) < 4.78 is 0. The number of piperidine rings is 1. The van der Waals surface area contributed by atoms with Crippen LogP contribution in [-0.4, -0.2) is 29.0 Å². The van der Waals surface area contributed by atoms with E-state index in [0.717, 1.165) is 32.5 Å². The Hall–Kier alpha value is -1.80. The van der Waals surface area contributed by atoms with Gasteiger partial charge in [0.25, 0.3) is 0 Å². The third kappa shape index (κ3) is 4.18. The standard InChI is InChI=1S/C18H18Cl2N4/c19-16-4-3-13(10-17(16)20)12-24-8-5-15(6-9-24)23-18-14(11-21)2-1-7-22-18/h1-4,7,10,15H,5-6,8-9,12H2,(H,22,23). The fourth-order valence-electron chi connectivity index (χ4n) is 2.94. The van der Waals surface area contributed by atoms with Gasteiger partial charge >= 0.3 is 0 Å². The molecule has 0 spiro atoms. The van der Waals surface area contributed by atoms with Crippen LogP contribution in [0.3, 0.4) is 0 Å². The molecule has 124 valence electrons. The first-order chi connectivity index (χ1) is 11.7. The Labute approximate surface area is 152 Å². The van der Waals surface area contributed by atoms with Gasteiger partial charge in [-0.25, -0.2) is 4.98 Å². The van der Waals surface area contributed by atoms with Crippen LogP contribution in [0.4, 0.5) is 5.82 Å². The van der Waals surface area contributed by atoms with Gasteiger partial charge in [0.15, 0.2) is 0 Å². The van der Waals surface area contributed by atoms with Crippen LogP contribution in [0.1, 0.15) is 24.0 Å². The van der Waals surface area contributed by atoms with Crippen molar-refractivity contribution >= 4 is 29.0 Å². The minimum Gasteiger partial charge on any atom is -0.366 e. The quantitative estimate of drug-likeness (QED) is 0.880. The lowest BCUT2D eigenvalue weighted by atomic mass is 10.0. The van der Waals surface area contributed by atoms with Crippen LogP contribution in [-0.2, 0) is 6.54 Å². The largest absolute Gasteiger partial charge is 0.366 e. The molecule has 1 aliphatic heterocycles. The maximum absolute atomic E-state index is 9.14. The molecule has 1 aromatic heterocycles. The fraction of sp³-hybridized carbons (Fsp3) is 0.333. The Bertz CT molecular complexity index is 749. The summed E-state index contributed by atoms with van der Waals surface area (Å²) in [5.41, 5.74) is 1.77. The molecular weight excluding hydrogens is 343 g/mol. The van der Waals surface area contributed by atoms with Crippen molar-refractivity contribution in [1.82, 2.24) is 9.88 Å². The van der Waals surface area contributed by atoms with Crippen LogP contribution in [0.5, 0.6) is 0 Å². The number of hydrogen-bond acceptors (Lipinski definition) is 4. The van der Waals surface area contributed by atoms with Gasteiger partial charge in [-0.3, -0.25) is 4.90 Å². The van der Waals surface area contributed by atoms with Gasteiger partial charge in [-0.05, 0) is 42.7 Å². The molecule has 0 unspecified atom stereocenters. The first-order valence-corrected chi connectivity index (χ1v) is 8.69. The molecule has 2 heterocycles. The van der Waals surface area contributed by atoms with Gasteiger partial charge in [0.2, 0.25) is 0 Å². The first kappa shape index (κ1) is 17.0. The number of rotatable bonds is 4. The van der Waals surface area contributed by atoms with Crippen molar-refractivity contribution in [1.29, 1.82) is 5.26 Å². The molecular formula is C18H18Cl2N4. The van der Waals surface area contributed by atoms with E-state index in [9.17, 15) is 0 Å². The number of benzene rings is 1. The zero-order valence-electron chi connectivity index (χ0n) is 13.2. The molecule has 0 amide bonds. The number of likely N-dealkylation sites (tertiary alicyclic amines) is 1. The number of nitrogens with zero attached hydrogens (tertiary/aromatic N) is 3. The maximum atomic E-state index is 9.14. The van der Waals surface area contributed by atoms with Gasteiger partial charge in [0.05, 0.1) is 15.6 Å². The minimum atomic E-state index is 0.344. The van der Waals surface area contributed by atoms with E-state index in [1.807, 2.05) is 18.2 Å². The third-order valence-electron chi connectivity index (χ3n) is 4.25. The van der Waals surface area contributed by atoms with Crippen molar-refractivity contribution in [2.75, 3.05) is 18.4 Å². The molecule has 1 N–H and O–H groups in total. The van der Waals surface area contributed by atoms with E-state index in [2.05, 4.69) is 21.3 Å². The second-order valence-electron chi connectivity index (χ2n) is 5.95. The van der Waals surface area contributed by atoms with Crippen molar-refractivity contribution in [3.8, 4) is 6.07 Å². The van der Waals surface area contributed by atoms with Crippen molar-refractivity contribution in [3.05, 3.63) is 57.7 Å². The number of nitriles is 1. The van der Waals surface area contributed by atoms with Gasteiger partial charge < -0.3 is 5.32 Å². The Morgan fingerprint density at radius 2 is 2.00 bits per heavy atom.